The molecule has 0 bridgehead atoms. The van der Waals surface area contributed by atoms with Gasteiger partial charge in [0, 0.05) is 11.5 Å². The largest absolute Gasteiger partial charge is 0.493 e. The second kappa shape index (κ2) is 7.38. The monoisotopic (exact) mass is 386 g/mol. The predicted molar refractivity (Wildman–Crippen MR) is 102 cm³/mol. The van der Waals surface area contributed by atoms with Gasteiger partial charge in [0.25, 0.3) is 10.1 Å². The zero-order chi connectivity index (χ0) is 18.9. The van der Waals surface area contributed by atoms with E-state index in [1.807, 2.05) is 24.3 Å². The van der Waals surface area contributed by atoms with Crippen molar-refractivity contribution in [1.29, 1.82) is 0 Å². The second-order valence-electron chi connectivity index (χ2n) is 8.22. The predicted octanol–water partition coefficient (Wildman–Crippen LogP) is 4.12. The van der Waals surface area contributed by atoms with Gasteiger partial charge in [0.05, 0.1) is 25.6 Å². The van der Waals surface area contributed by atoms with Gasteiger partial charge in [-0.1, -0.05) is 39.0 Å². The first-order valence-electron chi connectivity index (χ1n) is 8.65. The van der Waals surface area contributed by atoms with Crippen molar-refractivity contribution in [3.63, 3.8) is 0 Å². The molecule has 0 spiro atoms. The summed E-state index contributed by atoms with van der Waals surface area (Å²) in [5, 5.41) is 0.0913. The van der Waals surface area contributed by atoms with E-state index in [2.05, 4.69) is 33.9 Å². The summed E-state index contributed by atoms with van der Waals surface area (Å²) in [4.78, 5) is 0. The molecule has 0 saturated carbocycles. The lowest BCUT2D eigenvalue weighted by Gasteiger charge is -2.43. The average Bonchev–Trinajstić information content (AvgIpc) is 2.46. The maximum Gasteiger partial charge on any atom is 0.264 e. The highest BCUT2D eigenvalue weighted by Crippen LogP contribution is 2.45. The molecule has 7 heteroatoms. The Kier molecular flexibility index (Phi) is 6.03. The van der Waals surface area contributed by atoms with Gasteiger partial charge in [0.15, 0.2) is 8.32 Å². The third kappa shape index (κ3) is 5.29. The van der Waals surface area contributed by atoms with Gasteiger partial charge in [0.2, 0.25) is 0 Å². The van der Waals surface area contributed by atoms with E-state index in [1.165, 1.54) is 0 Å². The molecule has 1 aliphatic rings. The molecule has 5 nitrogen and oxygen atoms in total. The molecule has 1 aromatic carbocycles. The van der Waals surface area contributed by atoms with E-state index in [0.29, 0.717) is 13.0 Å². The van der Waals surface area contributed by atoms with Crippen molar-refractivity contribution in [1.82, 2.24) is 0 Å². The van der Waals surface area contributed by atoms with E-state index in [9.17, 15) is 8.42 Å². The number of benzene rings is 1. The fourth-order valence-electron chi connectivity index (χ4n) is 2.62. The van der Waals surface area contributed by atoms with Crippen molar-refractivity contribution >= 4 is 18.4 Å². The topological polar surface area (TPSA) is 61.8 Å². The van der Waals surface area contributed by atoms with Gasteiger partial charge < -0.3 is 9.16 Å². The van der Waals surface area contributed by atoms with Crippen LogP contribution >= 0.6 is 0 Å². The van der Waals surface area contributed by atoms with Gasteiger partial charge in [-0.25, -0.2) is 0 Å². The van der Waals surface area contributed by atoms with Crippen molar-refractivity contribution in [2.45, 2.75) is 51.4 Å². The molecule has 2 unspecified atom stereocenters. The highest BCUT2D eigenvalue weighted by atomic mass is 32.2. The van der Waals surface area contributed by atoms with E-state index >= 15 is 0 Å². The fraction of sp³-hybridized carbons (Fsp3) is 0.667. The average molecular weight is 387 g/mol. The lowest BCUT2D eigenvalue weighted by Crippen LogP contribution is -2.44. The van der Waals surface area contributed by atoms with Crippen molar-refractivity contribution in [3.8, 4) is 5.75 Å². The maximum atomic E-state index is 11.2. The first-order chi connectivity index (χ1) is 11.4. The van der Waals surface area contributed by atoms with Crippen LogP contribution < -0.4 is 4.74 Å². The van der Waals surface area contributed by atoms with Crippen LogP contribution in [-0.4, -0.2) is 36.2 Å². The lowest BCUT2D eigenvalue weighted by molar-refractivity contribution is 0.0470. The molecule has 0 amide bonds. The number of hydrogen-bond donors (Lipinski definition) is 0. The van der Waals surface area contributed by atoms with Crippen LogP contribution in [0.25, 0.3) is 0 Å². The molecule has 0 saturated heterocycles. The molecule has 2 atom stereocenters. The molecule has 1 heterocycles. The third-order valence-electron chi connectivity index (χ3n) is 5.12. The van der Waals surface area contributed by atoms with Gasteiger partial charge >= 0.3 is 0 Å². The summed E-state index contributed by atoms with van der Waals surface area (Å²) in [6.07, 6.45) is 1.54. The highest BCUT2D eigenvalue weighted by Gasteiger charge is 2.43. The van der Waals surface area contributed by atoms with Gasteiger partial charge in [-0.3, -0.25) is 4.18 Å². The first kappa shape index (κ1) is 20.4. The Morgan fingerprint density at radius 3 is 2.48 bits per heavy atom. The van der Waals surface area contributed by atoms with Gasteiger partial charge in [-0.05, 0) is 30.6 Å². The maximum absolute atomic E-state index is 11.2. The van der Waals surface area contributed by atoms with E-state index in [-0.39, 0.29) is 23.7 Å². The molecule has 0 radical (unpaired) electrons. The molecule has 1 aliphatic heterocycles. The van der Waals surface area contributed by atoms with Crippen molar-refractivity contribution in [2.75, 3.05) is 19.5 Å². The number of hydrogen-bond acceptors (Lipinski definition) is 5. The normalized spacial score (nSPS) is 21.5. The molecule has 2 rings (SSSR count). The quantitative estimate of drug-likeness (QED) is 0.543. The number of fused-ring (bicyclic) bond motifs is 1. The van der Waals surface area contributed by atoms with Crippen molar-refractivity contribution < 1.29 is 21.8 Å². The molecular weight excluding hydrogens is 356 g/mol. The minimum atomic E-state index is -3.43. The summed E-state index contributed by atoms with van der Waals surface area (Å²) in [7, 11) is -5.43. The number of rotatable bonds is 6. The molecule has 25 heavy (non-hydrogen) atoms. The van der Waals surface area contributed by atoms with Crippen LogP contribution in [0.15, 0.2) is 24.3 Å². The Morgan fingerprint density at radius 2 is 1.88 bits per heavy atom. The van der Waals surface area contributed by atoms with Crippen LogP contribution in [0, 0.1) is 5.92 Å². The summed E-state index contributed by atoms with van der Waals surface area (Å²) in [6, 6.07) is 7.94. The zero-order valence-electron chi connectivity index (χ0n) is 16.0. The summed E-state index contributed by atoms with van der Waals surface area (Å²) in [5.74, 6) is 0.914. The van der Waals surface area contributed by atoms with E-state index in [0.717, 1.165) is 17.6 Å². The van der Waals surface area contributed by atoms with Gasteiger partial charge in [0.1, 0.15) is 5.75 Å². The summed E-state index contributed by atoms with van der Waals surface area (Å²) in [6.45, 7) is 11.8. The van der Waals surface area contributed by atoms with Gasteiger partial charge in [-0.2, -0.15) is 8.42 Å². The van der Waals surface area contributed by atoms with Crippen LogP contribution in [0.4, 0.5) is 0 Å². The lowest BCUT2D eigenvalue weighted by atomic mass is 9.91. The Morgan fingerprint density at radius 1 is 1.24 bits per heavy atom. The Labute approximate surface area is 152 Å². The third-order valence-corrected chi connectivity index (χ3v) is 10.2. The van der Waals surface area contributed by atoms with Crippen LogP contribution in [0.1, 0.15) is 38.9 Å². The van der Waals surface area contributed by atoms with E-state index in [1.54, 1.807) is 0 Å². The van der Waals surface area contributed by atoms with Crippen LogP contribution in [0.2, 0.25) is 18.1 Å². The highest BCUT2D eigenvalue weighted by molar-refractivity contribution is 7.85. The standard InChI is InChI=1S/C18H30O5SSi/c1-18(2,3)25(5,6)23-17-14(11-12-22-24(4,19)20)13-21-16-10-8-7-9-15(16)17/h7-10,14,17H,11-13H2,1-6H3. The summed E-state index contributed by atoms with van der Waals surface area (Å²) in [5.41, 5.74) is 1.04. The van der Waals surface area contributed by atoms with Crippen LogP contribution in [-0.2, 0) is 18.7 Å². The fourth-order valence-corrected chi connectivity index (χ4v) is 4.33. The molecular formula is C18H30O5SSi. The Hall–Kier alpha value is -0.893. The zero-order valence-corrected chi connectivity index (χ0v) is 17.9. The first-order valence-corrected chi connectivity index (χ1v) is 13.4. The molecule has 0 aliphatic carbocycles. The Balaban J connectivity index is 2.24. The summed E-state index contributed by atoms with van der Waals surface area (Å²) >= 11 is 0. The minimum Gasteiger partial charge on any atom is -0.493 e. The summed E-state index contributed by atoms with van der Waals surface area (Å²) < 4.78 is 40.0. The molecule has 0 aromatic heterocycles. The van der Waals surface area contributed by atoms with Crippen LogP contribution in [0.3, 0.4) is 0 Å². The molecule has 0 N–H and O–H groups in total. The number of para-hydroxylation sites is 1. The second-order valence-corrected chi connectivity index (χ2v) is 14.6. The molecule has 1 aromatic rings. The minimum absolute atomic E-state index is 0.0609. The van der Waals surface area contributed by atoms with Crippen molar-refractivity contribution in [3.05, 3.63) is 29.8 Å². The molecule has 0 fully saturated rings. The van der Waals surface area contributed by atoms with Crippen LogP contribution in [0.5, 0.6) is 5.75 Å². The van der Waals surface area contributed by atoms with Gasteiger partial charge in [-0.15, -0.1) is 0 Å². The van der Waals surface area contributed by atoms with E-state index in [4.69, 9.17) is 13.3 Å². The molecule has 142 valence electrons. The number of ether oxygens (including phenoxy) is 1. The Bertz CT molecular complexity index is 694. The van der Waals surface area contributed by atoms with Crippen molar-refractivity contribution in [2.24, 2.45) is 5.92 Å². The smallest absolute Gasteiger partial charge is 0.264 e. The van der Waals surface area contributed by atoms with E-state index < -0.39 is 18.4 Å². The SMILES string of the molecule is CC(C)(C)[Si](C)(C)OC1c2ccccc2OCC1CCOS(C)(=O)=O.